The summed E-state index contributed by atoms with van der Waals surface area (Å²) in [6.07, 6.45) is 8.66. The highest BCUT2D eigenvalue weighted by Gasteiger charge is 2.44. The number of ether oxygens (including phenoxy) is 1. The summed E-state index contributed by atoms with van der Waals surface area (Å²) in [4.78, 5) is 49.9. The Hall–Kier alpha value is -3.00. The number of rotatable bonds is 10. The third kappa shape index (κ3) is 4.54. The number of nitrogens with two attached hydrogens (primary N) is 1. The molecule has 1 aromatic carbocycles. The van der Waals surface area contributed by atoms with Crippen molar-refractivity contribution >= 4 is 23.6 Å². The number of nitrogens with one attached hydrogen (secondary N) is 1. The molecular formula is C21H25N3O5. The van der Waals surface area contributed by atoms with Crippen molar-refractivity contribution in [1.82, 2.24) is 10.2 Å². The second kappa shape index (κ2) is 9.47. The van der Waals surface area contributed by atoms with E-state index in [-0.39, 0.29) is 11.1 Å². The number of amides is 4. The van der Waals surface area contributed by atoms with E-state index in [1.165, 1.54) is 12.1 Å². The van der Waals surface area contributed by atoms with Gasteiger partial charge in [-0.15, -0.1) is 0 Å². The molecule has 0 spiro atoms. The summed E-state index contributed by atoms with van der Waals surface area (Å²) in [7, 11) is 0. The van der Waals surface area contributed by atoms with Gasteiger partial charge in [-0.1, -0.05) is 31.7 Å². The van der Waals surface area contributed by atoms with Gasteiger partial charge in [0.15, 0.2) is 0 Å². The second-order valence-electron chi connectivity index (χ2n) is 7.07. The number of carbonyl (C=O) groups is 4. The molecule has 2 aliphatic heterocycles. The zero-order valence-corrected chi connectivity index (χ0v) is 16.2. The van der Waals surface area contributed by atoms with E-state index in [0.29, 0.717) is 12.4 Å². The number of carbonyl (C=O) groups excluding carboxylic acids is 4. The van der Waals surface area contributed by atoms with Crippen LogP contribution in [0, 0.1) is 0 Å². The van der Waals surface area contributed by atoms with Crippen molar-refractivity contribution in [2.24, 2.45) is 5.73 Å². The van der Waals surface area contributed by atoms with Crippen molar-refractivity contribution in [2.45, 2.75) is 44.6 Å². The topological polar surface area (TPSA) is 119 Å². The number of hydrogen-bond donors (Lipinski definition) is 2. The molecule has 0 radical (unpaired) electrons. The summed E-state index contributed by atoms with van der Waals surface area (Å²) >= 11 is 0. The molecule has 1 unspecified atom stereocenters. The van der Waals surface area contributed by atoms with E-state index in [2.05, 4.69) is 5.32 Å². The fraction of sp³-hybridized carbons (Fsp3) is 0.429. The number of imide groups is 2. The molecule has 0 aromatic heterocycles. The van der Waals surface area contributed by atoms with Crippen LogP contribution in [0.15, 0.2) is 30.4 Å². The summed E-state index contributed by atoms with van der Waals surface area (Å²) in [5.41, 5.74) is 5.84. The van der Waals surface area contributed by atoms with E-state index >= 15 is 0 Å². The van der Waals surface area contributed by atoms with Crippen molar-refractivity contribution in [3.8, 4) is 5.75 Å². The van der Waals surface area contributed by atoms with Gasteiger partial charge in [-0.3, -0.25) is 29.4 Å². The molecule has 1 atom stereocenters. The molecule has 3 rings (SSSR count). The maximum atomic E-state index is 12.9. The highest BCUT2D eigenvalue weighted by atomic mass is 16.5. The van der Waals surface area contributed by atoms with E-state index in [4.69, 9.17) is 10.5 Å². The van der Waals surface area contributed by atoms with Crippen LogP contribution in [0.2, 0.25) is 0 Å². The van der Waals surface area contributed by atoms with Gasteiger partial charge in [0.1, 0.15) is 11.8 Å². The fourth-order valence-electron chi connectivity index (χ4n) is 3.49. The minimum Gasteiger partial charge on any atom is -0.493 e. The standard InChI is InChI=1S/C21H25N3O5/c22-12-5-3-1-2-4-6-13-29-16-9-7-8-14-18(16)21(28)24(20(14)27)15-10-11-17(25)23-19(15)26/h7-11,15H,1-6,12-13,22H2,(H,23,25,26). The van der Waals surface area contributed by atoms with Gasteiger partial charge in [0, 0.05) is 6.08 Å². The number of nitrogens with zero attached hydrogens (tertiary/aromatic N) is 1. The molecule has 29 heavy (non-hydrogen) atoms. The molecule has 0 fully saturated rings. The molecule has 0 saturated heterocycles. The molecule has 154 valence electrons. The van der Waals surface area contributed by atoms with Gasteiger partial charge in [0.25, 0.3) is 17.7 Å². The molecular weight excluding hydrogens is 374 g/mol. The van der Waals surface area contributed by atoms with Gasteiger partial charge in [0.05, 0.1) is 17.7 Å². The summed E-state index contributed by atoms with van der Waals surface area (Å²) < 4.78 is 5.78. The Morgan fingerprint density at radius 3 is 2.41 bits per heavy atom. The Kier molecular flexibility index (Phi) is 6.77. The van der Waals surface area contributed by atoms with Crippen LogP contribution in [0.4, 0.5) is 0 Å². The maximum Gasteiger partial charge on any atom is 0.266 e. The van der Waals surface area contributed by atoms with Gasteiger partial charge in [0.2, 0.25) is 5.91 Å². The van der Waals surface area contributed by atoms with E-state index in [9.17, 15) is 19.2 Å². The monoisotopic (exact) mass is 399 g/mol. The largest absolute Gasteiger partial charge is 0.493 e. The second-order valence-corrected chi connectivity index (χ2v) is 7.07. The molecule has 2 aliphatic rings. The lowest BCUT2D eigenvalue weighted by atomic mass is 10.1. The first-order valence-corrected chi connectivity index (χ1v) is 9.91. The predicted molar refractivity (Wildman–Crippen MR) is 105 cm³/mol. The minimum atomic E-state index is -1.15. The molecule has 1 aromatic rings. The first kappa shape index (κ1) is 20.7. The lowest BCUT2D eigenvalue weighted by Gasteiger charge is -2.24. The van der Waals surface area contributed by atoms with Gasteiger partial charge in [-0.25, -0.2) is 0 Å². The fourth-order valence-corrected chi connectivity index (χ4v) is 3.49. The Labute approximate surface area is 169 Å². The van der Waals surface area contributed by atoms with Crippen LogP contribution < -0.4 is 15.8 Å². The number of fused-ring (bicyclic) bond motifs is 1. The quantitative estimate of drug-likeness (QED) is 0.455. The van der Waals surface area contributed by atoms with E-state index in [0.717, 1.165) is 56.0 Å². The molecule has 8 nitrogen and oxygen atoms in total. The van der Waals surface area contributed by atoms with Crippen molar-refractivity contribution in [1.29, 1.82) is 0 Å². The number of unbranched alkanes of at least 4 members (excludes halogenated alkanes) is 5. The highest BCUT2D eigenvalue weighted by molar-refractivity contribution is 6.25. The molecule has 4 amide bonds. The van der Waals surface area contributed by atoms with E-state index in [1.807, 2.05) is 0 Å². The van der Waals surface area contributed by atoms with Crippen LogP contribution in [0.5, 0.6) is 5.75 Å². The van der Waals surface area contributed by atoms with E-state index in [1.54, 1.807) is 12.1 Å². The average Bonchev–Trinajstić information content (AvgIpc) is 2.95. The SMILES string of the molecule is NCCCCCCCCOc1cccc2c1C(=O)N(C1C=CC(=O)NC1=O)C2=O. The molecule has 8 heteroatoms. The Bertz CT molecular complexity index is 849. The Balaban J connectivity index is 1.63. The Morgan fingerprint density at radius 1 is 0.966 bits per heavy atom. The third-order valence-corrected chi connectivity index (χ3v) is 4.99. The molecule has 2 heterocycles. The van der Waals surface area contributed by atoms with Crippen LogP contribution >= 0.6 is 0 Å². The molecule has 0 saturated carbocycles. The normalized spacial score (nSPS) is 18.2. The Morgan fingerprint density at radius 2 is 1.69 bits per heavy atom. The van der Waals surface area contributed by atoms with Crippen LogP contribution in [-0.4, -0.2) is 47.7 Å². The number of hydrogen-bond acceptors (Lipinski definition) is 6. The van der Waals surface area contributed by atoms with E-state index < -0.39 is 29.7 Å². The van der Waals surface area contributed by atoms with Gasteiger partial charge >= 0.3 is 0 Å². The van der Waals surface area contributed by atoms with Crippen LogP contribution in [0.3, 0.4) is 0 Å². The lowest BCUT2D eigenvalue weighted by molar-refractivity contribution is -0.130. The van der Waals surface area contributed by atoms with Gasteiger partial charge < -0.3 is 10.5 Å². The van der Waals surface area contributed by atoms with Crippen LogP contribution in [0.1, 0.15) is 59.2 Å². The summed E-state index contributed by atoms with van der Waals surface area (Å²) in [6, 6.07) is 3.68. The maximum absolute atomic E-state index is 12.9. The van der Waals surface area contributed by atoms with Crippen molar-refractivity contribution in [2.75, 3.05) is 13.2 Å². The molecule has 3 N–H and O–H groups in total. The molecule has 0 aliphatic carbocycles. The van der Waals surface area contributed by atoms with Crippen LogP contribution in [-0.2, 0) is 9.59 Å². The highest BCUT2D eigenvalue weighted by Crippen LogP contribution is 2.33. The van der Waals surface area contributed by atoms with Crippen molar-refractivity contribution < 1.29 is 23.9 Å². The summed E-state index contributed by atoms with van der Waals surface area (Å²) in [6.45, 7) is 1.16. The summed E-state index contributed by atoms with van der Waals surface area (Å²) in [5.74, 6) is -2.11. The van der Waals surface area contributed by atoms with Gasteiger partial charge in [-0.2, -0.15) is 0 Å². The first-order chi connectivity index (χ1) is 14.0. The average molecular weight is 399 g/mol. The lowest BCUT2D eigenvalue weighted by Crippen LogP contribution is -2.51. The smallest absolute Gasteiger partial charge is 0.266 e. The van der Waals surface area contributed by atoms with Gasteiger partial charge in [-0.05, 0) is 37.6 Å². The van der Waals surface area contributed by atoms with Crippen molar-refractivity contribution in [3.63, 3.8) is 0 Å². The molecule has 0 bridgehead atoms. The summed E-state index contributed by atoms with van der Waals surface area (Å²) in [5, 5.41) is 2.11. The zero-order valence-electron chi connectivity index (χ0n) is 16.2. The van der Waals surface area contributed by atoms with Crippen LogP contribution in [0.25, 0.3) is 0 Å². The first-order valence-electron chi connectivity index (χ1n) is 9.91. The predicted octanol–water partition coefficient (Wildman–Crippen LogP) is 1.54. The number of benzene rings is 1. The van der Waals surface area contributed by atoms with Crippen molar-refractivity contribution in [3.05, 3.63) is 41.5 Å². The zero-order chi connectivity index (χ0) is 20.8. The third-order valence-electron chi connectivity index (χ3n) is 4.99. The minimum absolute atomic E-state index is 0.165.